The van der Waals surface area contributed by atoms with Crippen molar-refractivity contribution in [1.82, 2.24) is 15.0 Å². The summed E-state index contributed by atoms with van der Waals surface area (Å²) < 4.78 is 5.21. The standard InChI is InChI=1S/C15H27N5O/c1-5-9-16-13-17-14(19-15(18-13)21-4)20(3)12-8-6-7-11(2)10-12/h11-12H,5-10H2,1-4H3,(H,16,17,18,19). The van der Waals surface area contributed by atoms with Crippen LogP contribution in [0.15, 0.2) is 0 Å². The van der Waals surface area contributed by atoms with Crippen LogP contribution < -0.4 is 15.0 Å². The van der Waals surface area contributed by atoms with Gasteiger partial charge in [0.1, 0.15) is 0 Å². The van der Waals surface area contributed by atoms with Crippen molar-refractivity contribution in [3.8, 4) is 6.01 Å². The Morgan fingerprint density at radius 3 is 2.76 bits per heavy atom. The van der Waals surface area contributed by atoms with E-state index in [4.69, 9.17) is 4.74 Å². The number of ether oxygens (including phenoxy) is 1. The van der Waals surface area contributed by atoms with Crippen LogP contribution in [0.1, 0.15) is 46.0 Å². The van der Waals surface area contributed by atoms with Gasteiger partial charge in [-0.15, -0.1) is 0 Å². The number of aromatic nitrogens is 3. The number of nitrogens with one attached hydrogen (secondary N) is 1. The Morgan fingerprint density at radius 2 is 2.10 bits per heavy atom. The van der Waals surface area contributed by atoms with Gasteiger partial charge in [-0.3, -0.25) is 0 Å². The summed E-state index contributed by atoms with van der Waals surface area (Å²) in [5, 5.41) is 3.21. The van der Waals surface area contributed by atoms with E-state index in [1.54, 1.807) is 7.11 Å². The first kappa shape index (κ1) is 15.8. The molecule has 0 bridgehead atoms. The maximum absolute atomic E-state index is 5.21. The summed E-state index contributed by atoms with van der Waals surface area (Å²) in [6.07, 6.45) is 6.03. The second-order valence-corrected chi connectivity index (χ2v) is 5.91. The molecule has 1 saturated carbocycles. The average molecular weight is 293 g/mol. The van der Waals surface area contributed by atoms with Gasteiger partial charge in [0.15, 0.2) is 0 Å². The van der Waals surface area contributed by atoms with E-state index in [1.807, 2.05) is 0 Å². The molecule has 0 amide bonds. The molecular formula is C15H27N5O. The van der Waals surface area contributed by atoms with Gasteiger partial charge in [0.2, 0.25) is 11.9 Å². The molecule has 6 heteroatoms. The van der Waals surface area contributed by atoms with Crippen LogP contribution in [0.25, 0.3) is 0 Å². The van der Waals surface area contributed by atoms with E-state index in [-0.39, 0.29) is 0 Å². The fourth-order valence-corrected chi connectivity index (χ4v) is 2.83. The highest BCUT2D eigenvalue weighted by atomic mass is 16.5. The predicted octanol–water partition coefficient (Wildman–Crippen LogP) is 2.72. The molecule has 1 aliphatic carbocycles. The monoisotopic (exact) mass is 293 g/mol. The van der Waals surface area contributed by atoms with Crippen LogP contribution in [0.2, 0.25) is 0 Å². The molecule has 1 aromatic heterocycles. The Kier molecular flexibility index (Phi) is 5.59. The molecule has 1 N–H and O–H groups in total. The Morgan fingerprint density at radius 1 is 1.29 bits per heavy atom. The van der Waals surface area contributed by atoms with Gasteiger partial charge in [0.05, 0.1) is 7.11 Å². The van der Waals surface area contributed by atoms with Gasteiger partial charge in [-0.1, -0.05) is 26.7 Å². The Hall–Kier alpha value is -1.59. The van der Waals surface area contributed by atoms with Crippen LogP contribution in [0.3, 0.4) is 0 Å². The molecule has 2 rings (SSSR count). The number of rotatable bonds is 6. The van der Waals surface area contributed by atoms with Gasteiger partial charge in [-0.05, 0) is 25.2 Å². The highest BCUT2D eigenvalue weighted by molar-refractivity contribution is 5.38. The highest BCUT2D eigenvalue weighted by Gasteiger charge is 2.24. The summed E-state index contributed by atoms with van der Waals surface area (Å²) in [5.74, 6) is 2.06. The maximum atomic E-state index is 5.21. The average Bonchev–Trinajstić information content (AvgIpc) is 2.51. The van der Waals surface area contributed by atoms with Gasteiger partial charge < -0.3 is 15.0 Å². The number of hydrogen-bond donors (Lipinski definition) is 1. The molecule has 21 heavy (non-hydrogen) atoms. The number of anilines is 2. The van der Waals surface area contributed by atoms with Crippen molar-refractivity contribution < 1.29 is 4.74 Å². The van der Waals surface area contributed by atoms with Crippen LogP contribution in [0.5, 0.6) is 6.01 Å². The highest BCUT2D eigenvalue weighted by Crippen LogP contribution is 2.28. The third-order valence-electron chi connectivity index (χ3n) is 4.09. The molecule has 1 heterocycles. The van der Waals surface area contributed by atoms with E-state index < -0.39 is 0 Å². The van der Waals surface area contributed by atoms with E-state index in [0.717, 1.165) is 18.9 Å². The fraction of sp³-hybridized carbons (Fsp3) is 0.800. The van der Waals surface area contributed by atoms with Gasteiger partial charge in [0, 0.05) is 19.6 Å². The Labute approximate surface area is 127 Å². The Balaban J connectivity index is 2.16. The van der Waals surface area contributed by atoms with E-state index in [1.165, 1.54) is 25.7 Å². The lowest BCUT2D eigenvalue weighted by Crippen LogP contribution is -2.36. The van der Waals surface area contributed by atoms with Crippen molar-refractivity contribution in [2.45, 2.75) is 52.0 Å². The summed E-state index contributed by atoms with van der Waals surface area (Å²) in [6, 6.07) is 0.870. The molecule has 0 aromatic carbocycles. The largest absolute Gasteiger partial charge is 0.467 e. The van der Waals surface area contributed by atoms with Crippen LogP contribution in [0, 0.1) is 5.92 Å². The zero-order valence-corrected chi connectivity index (χ0v) is 13.6. The molecule has 1 fully saturated rings. The molecule has 0 aliphatic heterocycles. The number of nitrogens with zero attached hydrogens (tertiary/aromatic N) is 4. The lowest BCUT2D eigenvalue weighted by Gasteiger charge is -2.34. The summed E-state index contributed by atoms with van der Waals surface area (Å²) >= 11 is 0. The smallest absolute Gasteiger partial charge is 0.322 e. The lowest BCUT2D eigenvalue weighted by molar-refractivity contribution is 0.332. The van der Waals surface area contributed by atoms with Crippen molar-refractivity contribution in [2.24, 2.45) is 5.92 Å². The molecule has 118 valence electrons. The molecule has 0 saturated heterocycles. The minimum Gasteiger partial charge on any atom is -0.467 e. The fourth-order valence-electron chi connectivity index (χ4n) is 2.83. The molecule has 1 aliphatic rings. The molecule has 2 unspecified atom stereocenters. The number of methoxy groups -OCH3 is 1. The first-order valence-electron chi connectivity index (χ1n) is 7.90. The molecule has 0 radical (unpaired) electrons. The topological polar surface area (TPSA) is 63.2 Å². The number of hydrogen-bond acceptors (Lipinski definition) is 6. The van der Waals surface area contributed by atoms with Crippen molar-refractivity contribution in [3.63, 3.8) is 0 Å². The van der Waals surface area contributed by atoms with E-state index >= 15 is 0 Å². The minimum atomic E-state index is 0.370. The molecule has 6 nitrogen and oxygen atoms in total. The van der Waals surface area contributed by atoms with Crippen LogP contribution in [0.4, 0.5) is 11.9 Å². The first-order valence-corrected chi connectivity index (χ1v) is 7.90. The lowest BCUT2D eigenvalue weighted by atomic mass is 9.86. The van der Waals surface area contributed by atoms with Gasteiger partial charge in [-0.2, -0.15) is 15.0 Å². The first-order chi connectivity index (χ1) is 10.1. The van der Waals surface area contributed by atoms with E-state index in [9.17, 15) is 0 Å². The third kappa shape index (κ3) is 4.19. The van der Waals surface area contributed by atoms with Crippen molar-refractivity contribution >= 4 is 11.9 Å². The summed E-state index contributed by atoms with van der Waals surface area (Å²) in [5.41, 5.74) is 0. The van der Waals surface area contributed by atoms with Gasteiger partial charge in [-0.25, -0.2) is 0 Å². The quantitative estimate of drug-likeness (QED) is 0.870. The molecule has 2 atom stereocenters. The zero-order valence-electron chi connectivity index (χ0n) is 13.6. The summed E-state index contributed by atoms with van der Waals surface area (Å²) in [4.78, 5) is 15.4. The normalized spacial score (nSPS) is 21.9. The van der Waals surface area contributed by atoms with Gasteiger partial charge >= 0.3 is 6.01 Å². The van der Waals surface area contributed by atoms with Crippen LogP contribution in [-0.4, -0.2) is 41.7 Å². The van der Waals surface area contributed by atoms with Crippen LogP contribution >= 0.6 is 0 Å². The summed E-state index contributed by atoms with van der Waals surface area (Å²) in [7, 11) is 3.66. The maximum Gasteiger partial charge on any atom is 0.322 e. The molecule has 0 spiro atoms. The summed E-state index contributed by atoms with van der Waals surface area (Å²) in [6.45, 7) is 5.28. The van der Waals surface area contributed by atoms with Crippen molar-refractivity contribution in [3.05, 3.63) is 0 Å². The SMILES string of the molecule is CCCNc1nc(OC)nc(N(C)C2CCCC(C)C2)n1. The zero-order chi connectivity index (χ0) is 15.2. The second kappa shape index (κ2) is 7.43. The van der Waals surface area contributed by atoms with E-state index in [2.05, 4.69) is 46.1 Å². The van der Waals surface area contributed by atoms with Gasteiger partial charge in [0.25, 0.3) is 0 Å². The molecular weight excluding hydrogens is 266 g/mol. The van der Waals surface area contributed by atoms with Crippen molar-refractivity contribution in [1.29, 1.82) is 0 Å². The molecule has 1 aromatic rings. The Bertz CT molecular complexity index is 454. The third-order valence-corrected chi connectivity index (χ3v) is 4.09. The minimum absolute atomic E-state index is 0.370. The van der Waals surface area contributed by atoms with E-state index in [0.29, 0.717) is 23.9 Å². The predicted molar refractivity (Wildman–Crippen MR) is 85.0 cm³/mol. The van der Waals surface area contributed by atoms with Crippen LogP contribution in [-0.2, 0) is 0 Å². The second-order valence-electron chi connectivity index (χ2n) is 5.91. The van der Waals surface area contributed by atoms with Crippen molar-refractivity contribution in [2.75, 3.05) is 30.9 Å².